The lowest BCUT2D eigenvalue weighted by molar-refractivity contribution is -0.384. The number of nitro benzene ring substituents is 1. The fraction of sp³-hybridized carbons (Fsp3) is 0.105. The van der Waals surface area contributed by atoms with Gasteiger partial charge in [0, 0.05) is 31.1 Å². The molecule has 9 heteroatoms. The van der Waals surface area contributed by atoms with Crippen molar-refractivity contribution in [1.29, 1.82) is 0 Å². The standard InChI is InChI=1S/C19H17N5O4/c1-22(13-18(25)20-14-6-3-2-4-7-14)19(26)17-10-11-23(21-17)15-8-5-9-16(12-15)24(27)28/h2-12H,13H2,1H3,(H,20,25). The first-order valence-electron chi connectivity index (χ1n) is 8.35. The third-order valence-corrected chi connectivity index (χ3v) is 3.90. The smallest absolute Gasteiger partial charge is 0.274 e. The van der Waals surface area contributed by atoms with Gasteiger partial charge in [0.15, 0.2) is 5.69 Å². The zero-order valence-corrected chi connectivity index (χ0v) is 15.0. The molecule has 0 fully saturated rings. The summed E-state index contributed by atoms with van der Waals surface area (Å²) < 4.78 is 1.37. The van der Waals surface area contributed by atoms with Crippen molar-refractivity contribution in [3.05, 3.63) is 82.7 Å². The van der Waals surface area contributed by atoms with Crippen LogP contribution in [0.5, 0.6) is 0 Å². The number of carbonyl (C=O) groups is 2. The largest absolute Gasteiger partial charge is 0.331 e. The van der Waals surface area contributed by atoms with Gasteiger partial charge in [0.1, 0.15) is 0 Å². The second-order valence-corrected chi connectivity index (χ2v) is 6.00. The molecule has 3 aromatic rings. The molecule has 0 saturated carbocycles. The number of benzene rings is 2. The van der Waals surface area contributed by atoms with E-state index < -0.39 is 10.8 Å². The molecule has 1 heterocycles. The number of para-hydroxylation sites is 1. The number of anilines is 1. The van der Waals surface area contributed by atoms with Crippen LogP contribution in [0.4, 0.5) is 11.4 Å². The molecule has 0 unspecified atom stereocenters. The second kappa shape index (κ2) is 8.12. The number of nitrogens with one attached hydrogen (secondary N) is 1. The summed E-state index contributed by atoms with van der Waals surface area (Å²) in [5, 5.41) is 17.8. The molecule has 0 spiro atoms. The molecule has 0 aliphatic rings. The molecule has 0 atom stereocenters. The van der Waals surface area contributed by atoms with Crippen LogP contribution in [0.3, 0.4) is 0 Å². The van der Waals surface area contributed by atoms with Crippen molar-refractivity contribution < 1.29 is 14.5 Å². The average molecular weight is 379 g/mol. The van der Waals surface area contributed by atoms with Crippen LogP contribution < -0.4 is 5.32 Å². The van der Waals surface area contributed by atoms with Crippen LogP contribution in [0.25, 0.3) is 5.69 Å². The second-order valence-electron chi connectivity index (χ2n) is 6.00. The van der Waals surface area contributed by atoms with E-state index in [1.165, 1.54) is 47.1 Å². The molecule has 9 nitrogen and oxygen atoms in total. The Balaban J connectivity index is 1.67. The number of nitro groups is 1. The zero-order chi connectivity index (χ0) is 20.1. The zero-order valence-electron chi connectivity index (χ0n) is 15.0. The summed E-state index contributed by atoms with van der Waals surface area (Å²) in [6.45, 7) is -0.141. The Morgan fingerprint density at radius 1 is 1.14 bits per heavy atom. The highest BCUT2D eigenvalue weighted by atomic mass is 16.6. The maximum Gasteiger partial charge on any atom is 0.274 e. The Labute approximate surface area is 160 Å². The van der Waals surface area contributed by atoms with E-state index in [-0.39, 0.29) is 23.8 Å². The predicted octanol–water partition coefficient (Wildman–Crippen LogP) is 2.49. The van der Waals surface area contributed by atoms with Gasteiger partial charge in [0.25, 0.3) is 11.6 Å². The average Bonchev–Trinajstić information content (AvgIpc) is 3.18. The van der Waals surface area contributed by atoms with E-state index in [4.69, 9.17) is 0 Å². The Hall–Kier alpha value is -4.01. The summed E-state index contributed by atoms with van der Waals surface area (Å²) >= 11 is 0. The minimum absolute atomic E-state index is 0.0735. The van der Waals surface area contributed by atoms with E-state index in [1.807, 2.05) is 6.07 Å². The summed E-state index contributed by atoms with van der Waals surface area (Å²) in [5.74, 6) is -0.771. The fourth-order valence-corrected chi connectivity index (χ4v) is 2.54. The lowest BCUT2D eigenvalue weighted by Gasteiger charge is -2.15. The van der Waals surface area contributed by atoms with Gasteiger partial charge < -0.3 is 10.2 Å². The molecule has 0 aliphatic heterocycles. The molecule has 1 N–H and O–H groups in total. The lowest BCUT2D eigenvalue weighted by atomic mass is 10.3. The molecule has 2 amide bonds. The predicted molar refractivity (Wildman–Crippen MR) is 102 cm³/mol. The molecule has 0 radical (unpaired) electrons. The summed E-state index contributed by atoms with van der Waals surface area (Å²) in [4.78, 5) is 36.3. The Bertz CT molecular complexity index is 1020. The molecule has 2 aromatic carbocycles. The number of rotatable bonds is 6. The number of amides is 2. The van der Waals surface area contributed by atoms with Crippen LogP contribution >= 0.6 is 0 Å². The highest BCUT2D eigenvalue weighted by Crippen LogP contribution is 2.16. The summed E-state index contributed by atoms with van der Waals surface area (Å²) in [5.41, 5.74) is 1.15. The highest BCUT2D eigenvalue weighted by Gasteiger charge is 2.18. The highest BCUT2D eigenvalue weighted by molar-refractivity contribution is 5.98. The topological polar surface area (TPSA) is 110 Å². The van der Waals surface area contributed by atoms with Gasteiger partial charge in [-0.25, -0.2) is 4.68 Å². The molecule has 0 aliphatic carbocycles. The number of likely N-dealkylation sites (N-methyl/N-ethyl adjacent to an activating group) is 1. The van der Waals surface area contributed by atoms with E-state index >= 15 is 0 Å². The van der Waals surface area contributed by atoms with Crippen LogP contribution in [0.2, 0.25) is 0 Å². The van der Waals surface area contributed by atoms with Crippen LogP contribution in [-0.2, 0) is 4.79 Å². The van der Waals surface area contributed by atoms with Crippen molar-refractivity contribution in [3.63, 3.8) is 0 Å². The Morgan fingerprint density at radius 3 is 2.61 bits per heavy atom. The molecule has 3 rings (SSSR count). The lowest BCUT2D eigenvalue weighted by Crippen LogP contribution is -2.35. The van der Waals surface area contributed by atoms with E-state index in [1.54, 1.807) is 30.3 Å². The first-order chi connectivity index (χ1) is 13.4. The van der Waals surface area contributed by atoms with Gasteiger partial charge in [-0.15, -0.1) is 0 Å². The molecule has 0 bridgehead atoms. The van der Waals surface area contributed by atoms with Gasteiger partial charge in [-0.05, 0) is 24.3 Å². The van der Waals surface area contributed by atoms with Crippen LogP contribution in [0.15, 0.2) is 66.9 Å². The van der Waals surface area contributed by atoms with Gasteiger partial charge in [-0.2, -0.15) is 5.10 Å². The quantitative estimate of drug-likeness (QED) is 0.523. The van der Waals surface area contributed by atoms with Crippen molar-refractivity contribution in [2.24, 2.45) is 0 Å². The third kappa shape index (κ3) is 4.39. The van der Waals surface area contributed by atoms with Crippen molar-refractivity contribution >= 4 is 23.2 Å². The van der Waals surface area contributed by atoms with Gasteiger partial charge >= 0.3 is 0 Å². The van der Waals surface area contributed by atoms with E-state index in [0.717, 1.165) is 0 Å². The molecular formula is C19H17N5O4. The van der Waals surface area contributed by atoms with Gasteiger partial charge in [0.2, 0.25) is 5.91 Å². The number of hydrogen-bond donors (Lipinski definition) is 1. The molecule has 1 aromatic heterocycles. The first kappa shape index (κ1) is 18.8. The maximum absolute atomic E-state index is 12.5. The summed E-state index contributed by atoms with van der Waals surface area (Å²) in [6, 6.07) is 16.3. The number of non-ortho nitro benzene ring substituents is 1. The summed E-state index contributed by atoms with van der Waals surface area (Å²) in [7, 11) is 1.50. The molecule has 28 heavy (non-hydrogen) atoms. The van der Waals surface area contributed by atoms with E-state index in [9.17, 15) is 19.7 Å². The first-order valence-corrected chi connectivity index (χ1v) is 8.35. The Morgan fingerprint density at radius 2 is 1.89 bits per heavy atom. The van der Waals surface area contributed by atoms with Gasteiger partial charge in [0.05, 0.1) is 17.2 Å². The van der Waals surface area contributed by atoms with Gasteiger partial charge in [-0.1, -0.05) is 24.3 Å². The van der Waals surface area contributed by atoms with Crippen molar-refractivity contribution in [3.8, 4) is 5.69 Å². The van der Waals surface area contributed by atoms with Crippen molar-refractivity contribution in [2.75, 3.05) is 18.9 Å². The molecule has 142 valence electrons. The number of hydrogen-bond acceptors (Lipinski definition) is 5. The normalized spacial score (nSPS) is 10.3. The molecule has 0 saturated heterocycles. The summed E-state index contributed by atoms with van der Waals surface area (Å²) in [6.07, 6.45) is 1.53. The van der Waals surface area contributed by atoms with E-state index in [0.29, 0.717) is 11.4 Å². The number of nitrogens with zero attached hydrogens (tertiary/aromatic N) is 4. The van der Waals surface area contributed by atoms with E-state index in [2.05, 4.69) is 10.4 Å². The monoisotopic (exact) mass is 379 g/mol. The maximum atomic E-state index is 12.5. The third-order valence-electron chi connectivity index (χ3n) is 3.90. The minimum atomic E-state index is -0.502. The van der Waals surface area contributed by atoms with Crippen LogP contribution in [-0.4, -0.2) is 45.0 Å². The number of carbonyl (C=O) groups excluding carboxylic acids is 2. The van der Waals surface area contributed by atoms with Crippen molar-refractivity contribution in [2.45, 2.75) is 0 Å². The van der Waals surface area contributed by atoms with Gasteiger partial charge in [-0.3, -0.25) is 19.7 Å². The fourth-order valence-electron chi connectivity index (χ4n) is 2.54. The van der Waals surface area contributed by atoms with Crippen molar-refractivity contribution in [1.82, 2.24) is 14.7 Å². The Kier molecular flexibility index (Phi) is 5.45. The number of aromatic nitrogens is 2. The minimum Gasteiger partial charge on any atom is -0.331 e. The van der Waals surface area contributed by atoms with Crippen LogP contribution in [0, 0.1) is 10.1 Å². The SMILES string of the molecule is CN(CC(=O)Nc1ccccc1)C(=O)c1ccn(-c2cccc([N+](=O)[O-])c2)n1. The van der Waals surface area contributed by atoms with Crippen LogP contribution in [0.1, 0.15) is 10.5 Å². The molecular weight excluding hydrogens is 362 g/mol.